The van der Waals surface area contributed by atoms with Gasteiger partial charge in [-0.1, -0.05) is 29.8 Å². The highest BCUT2D eigenvalue weighted by Crippen LogP contribution is 2.39. The van der Waals surface area contributed by atoms with Crippen molar-refractivity contribution in [1.82, 2.24) is 0 Å². The lowest BCUT2D eigenvalue weighted by Crippen LogP contribution is -2.41. The third-order valence-electron chi connectivity index (χ3n) is 4.41. The van der Waals surface area contributed by atoms with E-state index in [1.54, 1.807) is 6.07 Å². The first kappa shape index (κ1) is 17.5. The lowest BCUT2D eigenvalue weighted by molar-refractivity contribution is 0.00578. The Morgan fingerprint density at radius 2 is 1.73 bits per heavy atom. The van der Waals surface area contributed by atoms with Crippen molar-refractivity contribution in [2.45, 2.75) is 45.3 Å². The van der Waals surface area contributed by atoms with Gasteiger partial charge < -0.3 is 15.0 Å². The summed E-state index contributed by atoms with van der Waals surface area (Å²) in [5.74, 6) is 0. The van der Waals surface area contributed by atoms with E-state index in [9.17, 15) is 4.39 Å². The van der Waals surface area contributed by atoms with Crippen LogP contribution in [0.4, 0.5) is 4.39 Å². The van der Waals surface area contributed by atoms with Crippen LogP contribution in [0.1, 0.15) is 33.3 Å². The van der Waals surface area contributed by atoms with E-state index in [4.69, 9.17) is 26.6 Å². The van der Waals surface area contributed by atoms with Gasteiger partial charge in [-0.05, 0) is 51.3 Å². The van der Waals surface area contributed by atoms with Gasteiger partial charge >= 0.3 is 7.12 Å². The van der Waals surface area contributed by atoms with Crippen LogP contribution in [0.5, 0.6) is 0 Å². The molecule has 3 nitrogen and oxygen atoms in total. The molecule has 0 spiro atoms. The second-order valence-corrected chi connectivity index (χ2v) is 6.92. The van der Waals surface area contributed by atoms with Gasteiger partial charge in [0.15, 0.2) is 0 Å². The average Bonchev–Trinajstić information content (AvgIpc) is 2.66. The maximum Gasteiger partial charge on any atom is 0.525 e. The van der Waals surface area contributed by atoms with E-state index >= 15 is 0 Å². The summed E-state index contributed by atoms with van der Waals surface area (Å²) in [6, 6.07) is 7.33. The van der Waals surface area contributed by atoms with Gasteiger partial charge in [-0.3, -0.25) is 0 Å². The highest BCUT2D eigenvalue weighted by Gasteiger charge is 2.53. The third-order valence-corrected chi connectivity index (χ3v) is 4.77. The lowest BCUT2D eigenvalue weighted by atomic mass is 9.83. The quantitative estimate of drug-likeness (QED) is 0.859. The summed E-state index contributed by atoms with van der Waals surface area (Å²) in [6.07, 6.45) is 0.339. The van der Waals surface area contributed by atoms with Crippen LogP contribution in [0.2, 0.25) is 5.02 Å². The van der Waals surface area contributed by atoms with Crippen molar-refractivity contribution >= 4 is 18.7 Å². The topological polar surface area (TPSA) is 44.5 Å². The second kappa shape index (κ2) is 6.32. The lowest BCUT2D eigenvalue weighted by Gasteiger charge is -2.32. The molecule has 0 aliphatic carbocycles. The zero-order chi connectivity index (χ0) is 16.5. The van der Waals surface area contributed by atoms with E-state index in [1.807, 2.05) is 45.9 Å². The molecule has 0 atom stereocenters. The summed E-state index contributed by atoms with van der Waals surface area (Å²) in [7, 11) is -1.02. The van der Waals surface area contributed by atoms with Crippen molar-refractivity contribution in [2.24, 2.45) is 5.73 Å². The first-order valence-corrected chi connectivity index (χ1v) is 7.72. The van der Waals surface area contributed by atoms with Crippen molar-refractivity contribution < 1.29 is 13.7 Å². The number of hydrogen-bond acceptors (Lipinski definition) is 3. The molecule has 0 bridgehead atoms. The summed E-state index contributed by atoms with van der Waals surface area (Å²) < 4.78 is 26.2. The largest absolute Gasteiger partial charge is 0.525 e. The number of benzene rings is 1. The second-order valence-electron chi connectivity index (χ2n) is 6.51. The minimum absolute atomic E-state index is 0.0845. The molecule has 1 heterocycles. The highest BCUT2D eigenvalue weighted by molar-refractivity contribution is 6.53. The van der Waals surface area contributed by atoms with Crippen LogP contribution < -0.4 is 5.73 Å². The molecule has 0 unspecified atom stereocenters. The van der Waals surface area contributed by atoms with E-state index in [-0.39, 0.29) is 6.54 Å². The molecule has 1 saturated heterocycles. The summed E-state index contributed by atoms with van der Waals surface area (Å²) in [6.45, 7) is 7.63. The molecule has 1 aromatic rings. The van der Waals surface area contributed by atoms with Gasteiger partial charge in [0.05, 0.1) is 11.2 Å². The molecule has 2 rings (SSSR count). The molecule has 1 aliphatic rings. The predicted octanol–water partition coefficient (Wildman–Crippen LogP) is 3.70. The summed E-state index contributed by atoms with van der Waals surface area (Å²) in [4.78, 5) is 0. The SMILES string of the molecule is CC1(C)OB(C(F)=C(CN)Cc2ccccc2Cl)OC1(C)C. The molecule has 0 saturated carbocycles. The van der Waals surface area contributed by atoms with Crippen LogP contribution in [-0.4, -0.2) is 24.9 Å². The van der Waals surface area contributed by atoms with Crippen LogP contribution in [0.15, 0.2) is 35.6 Å². The molecule has 1 fully saturated rings. The third kappa shape index (κ3) is 3.38. The van der Waals surface area contributed by atoms with Crippen molar-refractivity contribution in [1.29, 1.82) is 0 Å². The molecule has 22 heavy (non-hydrogen) atoms. The van der Waals surface area contributed by atoms with E-state index in [2.05, 4.69) is 0 Å². The van der Waals surface area contributed by atoms with Gasteiger partial charge in [-0.2, -0.15) is 0 Å². The molecule has 0 amide bonds. The number of hydrogen-bond donors (Lipinski definition) is 1. The fourth-order valence-electron chi connectivity index (χ4n) is 2.24. The van der Waals surface area contributed by atoms with Gasteiger partial charge in [-0.15, -0.1) is 0 Å². The van der Waals surface area contributed by atoms with Crippen molar-refractivity contribution in [3.8, 4) is 0 Å². The molecule has 6 heteroatoms. The molecule has 120 valence electrons. The Bertz CT molecular complexity index is 573. The molecule has 1 aliphatic heterocycles. The summed E-state index contributed by atoms with van der Waals surface area (Å²) in [5, 5.41) is 0.593. The standard InChI is InChI=1S/C16H22BClFNO2/c1-15(2)16(3,4)22-17(21-15)14(19)12(10-20)9-11-7-5-6-8-13(11)18/h5-8H,9-10,20H2,1-4H3. The number of rotatable bonds is 4. The first-order valence-electron chi connectivity index (χ1n) is 7.34. The summed E-state index contributed by atoms with van der Waals surface area (Å²) in [5.41, 5.74) is 5.36. The van der Waals surface area contributed by atoms with Crippen LogP contribution in [0.3, 0.4) is 0 Å². The van der Waals surface area contributed by atoms with E-state index < -0.39 is 24.0 Å². The Morgan fingerprint density at radius 3 is 2.23 bits per heavy atom. The van der Waals surface area contributed by atoms with Gasteiger partial charge in [0.1, 0.15) is 5.73 Å². The van der Waals surface area contributed by atoms with E-state index in [1.165, 1.54) is 0 Å². The van der Waals surface area contributed by atoms with Crippen LogP contribution in [0.25, 0.3) is 0 Å². The predicted molar refractivity (Wildman–Crippen MR) is 88.4 cm³/mol. The van der Waals surface area contributed by atoms with E-state index in [0.29, 0.717) is 17.0 Å². The van der Waals surface area contributed by atoms with Crippen molar-refractivity contribution in [2.75, 3.05) is 6.54 Å². The zero-order valence-electron chi connectivity index (χ0n) is 13.5. The average molecular weight is 326 g/mol. The van der Waals surface area contributed by atoms with Gasteiger partial charge in [0.2, 0.25) is 0 Å². The molecule has 0 radical (unpaired) electrons. The Hall–Kier alpha value is -0.875. The van der Waals surface area contributed by atoms with Gasteiger partial charge in [0.25, 0.3) is 0 Å². The minimum Gasteiger partial charge on any atom is -0.398 e. The van der Waals surface area contributed by atoms with Gasteiger partial charge in [0, 0.05) is 11.6 Å². The minimum atomic E-state index is -1.02. The van der Waals surface area contributed by atoms with E-state index in [0.717, 1.165) is 5.56 Å². The fraction of sp³-hybridized carbons (Fsp3) is 0.500. The van der Waals surface area contributed by atoms with Gasteiger partial charge in [-0.25, -0.2) is 4.39 Å². The number of halogens is 2. The summed E-state index contributed by atoms with van der Waals surface area (Å²) >= 11 is 6.13. The number of nitrogens with two attached hydrogens (primary N) is 1. The normalized spacial score (nSPS) is 21.0. The Kier molecular flexibility index (Phi) is 5.02. The smallest absolute Gasteiger partial charge is 0.398 e. The Balaban J connectivity index is 2.25. The van der Waals surface area contributed by atoms with Crippen molar-refractivity contribution in [3.63, 3.8) is 0 Å². The molecular formula is C16H22BClFNO2. The van der Waals surface area contributed by atoms with Crippen LogP contribution in [0, 0.1) is 0 Å². The Morgan fingerprint density at radius 1 is 1.18 bits per heavy atom. The maximum absolute atomic E-state index is 14.8. The fourth-order valence-corrected chi connectivity index (χ4v) is 2.44. The van der Waals surface area contributed by atoms with Crippen molar-refractivity contribution in [3.05, 3.63) is 46.2 Å². The molecule has 1 aromatic carbocycles. The zero-order valence-corrected chi connectivity index (χ0v) is 14.2. The Labute approximate surface area is 136 Å². The molecule has 2 N–H and O–H groups in total. The van der Waals surface area contributed by atoms with Crippen LogP contribution >= 0.6 is 11.6 Å². The monoisotopic (exact) mass is 325 g/mol. The highest BCUT2D eigenvalue weighted by atomic mass is 35.5. The van der Waals surface area contributed by atoms with Crippen LogP contribution in [-0.2, 0) is 15.7 Å². The maximum atomic E-state index is 14.8. The molecular weight excluding hydrogens is 303 g/mol. The molecule has 0 aromatic heterocycles. The first-order chi connectivity index (χ1) is 10.2.